The molecule has 1 aromatic rings. The van der Waals surface area contributed by atoms with Crippen molar-refractivity contribution in [2.24, 2.45) is 17.0 Å². The molecule has 7 heteroatoms. The van der Waals surface area contributed by atoms with Crippen LogP contribution in [-0.4, -0.2) is 20.8 Å². The van der Waals surface area contributed by atoms with Crippen molar-refractivity contribution >= 4 is 33.2 Å². The molecular formula is C12H17Cl2NO3S. The van der Waals surface area contributed by atoms with Gasteiger partial charge in [-0.1, -0.05) is 37.0 Å². The van der Waals surface area contributed by atoms with Gasteiger partial charge in [-0.05, 0) is 24.1 Å². The topological polar surface area (TPSA) is 69.4 Å². The fourth-order valence-corrected chi connectivity index (χ4v) is 3.13. The van der Waals surface area contributed by atoms with Crippen LogP contribution < -0.4 is 9.88 Å². The standard InChI is InChI=1S/C12H17Cl2NO3S/c1-8(2)9(7-19(15,16)17)6-18-12-4-10(13)3-11(14)5-12/h3-5,8-9H,6-7H2,1-2H3,(H2,15,16,17). The molecule has 0 heterocycles. The van der Waals surface area contributed by atoms with Crippen LogP contribution in [0.5, 0.6) is 5.75 Å². The van der Waals surface area contributed by atoms with E-state index in [1.165, 1.54) is 0 Å². The van der Waals surface area contributed by atoms with E-state index >= 15 is 0 Å². The summed E-state index contributed by atoms with van der Waals surface area (Å²) < 4.78 is 27.8. The van der Waals surface area contributed by atoms with Crippen LogP contribution in [0.15, 0.2) is 18.2 Å². The number of sulfonamides is 1. The summed E-state index contributed by atoms with van der Waals surface area (Å²) in [5.41, 5.74) is 0. The summed E-state index contributed by atoms with van der Waals surface area (Å²) in [6, 6.07) is 4.85. The number of hydrogen-bond acceptors (Lipinski definition) is 3. The predicted octanol–water partition coefficient (Wildman–Crippen LogP) is 2.93. The van der Waals surface area contributed by atoms with Crippen molar-refractivity contribution in [1.29, 1.82) is 0 Å². The fraction of sp³-hybridized carbons (Fsp3) is 0.500. The maximum absolute atomic E-state index is 11.1. The second-order valence-electron chi connectivity index (χ2n) is 4.75. The van der Waals surface area contributed by atoms with Gasteiger partial charge < -0.3 is 4.74 Å². The van der Waals surface area contributed by atoms with E-state index < -0.39 is 10.0 Å². The number of rotatable bonds is 6. The molecule has 4 nitrogen and oxygen atoms in total. The second-order valence-corrected chi connectivity index (χ2v) is 7.28. The highest BCUT2D eigenvalue weighted by molar-refractivity contribution is 7.89. The summed E-state index contributed by atoms with van der Waals surface area (Å²) in [6.45, 7) is 4.08. The van der Waals surface area contributed by atoms with Crippen molar-refractivity contribution in [2.75, 3.05) is 12.4 Å². The third-order valence-electron chi connectivity index (χ3n) is 2.69. The average molecular weight is 326 g/mol. The molecule has 0 spiro atoms. The van der Waals surface area contributed by atoms with Crippen molar-refractivity contribution in [3.8, 4) is 5.75 Å². The van der Waals surface area contributed by atoms with E-state index in [1.54, 1.807) is 18.2 Å². The molecule has 0 amide bonds. The van der Waals surface area contributed by atoms with Gasteiger partial charge in [0.05, 0.1) is 12.4 Å². The molecule has 19 heavy (non-hydrogen) atoms. The van der Waals surface area contributed by atoms with Crippen LogP contribution in [-0.2, 0) is 10.0 Å². The predicted molar refractivity (Wildman–Crippen MR) is 78.3 cm³/mol. The zero-order chi connectivity index (χ0) is 14.6. The Morgan fingerprint density at radius 2 is 1.74 bits per heavy atom. The van der Waals surface area contributed by atoms with Crippen LogP contribution in [0.1, 0.15) is 13.8 Å². The normalized spacial score (nSPS) is 13.6. The lowest BCUT2D eigenvalue weighted by Gasteiger charge is -2.20. The van der Waals surface area contributed by atoms with Gasteiger partial charge in [0.2, 0.25) is 10.0 Å². The summed E-state index contributed by atoms with van der Waals surface area (Å²) >= 11 is 11.7. The number of ether oxygens (including phenoxy) is 1. The number of nitrogens with two attached hydrogens (primary N) is 1. The van der Waals surface area contributed by atoms with Crippen molar-refractivity contribution < 1.29 is 13.2 Å². The van der Waals surface area contributed by atoms with Gasteiger partial charge in [-0.3, -0.25) is 0 Å². The van der Waals surface area contributed by atoms with Crippen LogP contribution in [0, 0.1) is 11.8 Å². The molecule has 1 unspecified atom stereocenters. The highest BCUT2D eigenvalue weighted by Gasteiger charge is 2.20. The maximum Gasteiger partial charge on any atom is 0.209 e. The van der Waals surface area contributed by atoms with Crippen LogP contribution >= 0.6 is 23.2 Å². The quantitative estimate of drug-likeness (QED) is 0.874. The van der Waals surface area contributed by atoms with Gasteiger partial charge in [0.25, 0.3) is 0 Å². The Bertz CT molecular complexity index is 512. The minimum absolute atomic E-state index is 0.112. The van der Waals surface area contributed by atoms with Crippen LogP contribution in [0.2, 0.25) is 10.0 Å². The van der Waals surface area contributed by atoms with Crippen molar-refractivity contribution in [2.45, 2.75) is 13.8 Å². The molecule has 1 rings (SSSR count). The first-order valence-corrected chi connectivity index (χ1v) is 8.24. The second kappa shape index (κ2) is 6.79. The van der Waals surface area contributed by atoms with Crippen molar-refractivity contribution in [3.05, 3.63) is 28.2 Å². The highest BCUT2D eigenvalue weighted by Crippen LogP contribution is 2.25. The number of primary sulfonamides is 1. The summed E-state index contributed by atoms with van der Waals surface area (Å²) in [7, 11) is -3.52. The maximum atomic E-state index is 11.1. The summed E-state index contributed by atoms with van der Waals surface area (Å²) in [5, 5.41) is 6.00. The minimum atomic E-state index is -3.52. The lowest BCUT2D eigenvalue weighted by atomic mass is 9.99. The van der Waals surface area contributed by atoms with E-state index in [4.69, 9.17) is 33.1 Å². The third kappa shape index (κ3) is 6.47. The summed E-state index contributed by atoms with van der Waals surface area (Å²) in [5.74, 6) is 0.345. The number of halogens is 2. The molecule has 0 bridgehead atoms. The molecule has 0 fully saturated rings. The first-order chi connectivity index (χ1) is 8.67. The van der Waals surface area contributed by atoms with Gasteiger partial charge in [0.15, 0.2) is 0 Å². The fourth-order valence-electron chi connectivity index (χ4n) is 1.55. The van der Waals surface area contributed by atoms with E-state index in [0.717, 1.165) is 0 Å². The molecule has 0 saturated heterocycles. The number of benzene rings is 1. The molecule has 1 atom stereocenters. The molecule has 2 N–H and O–H groups in total. The Hall–Kier alpha value is -0.490. The lowest BCUT2D eigenvalue weighted by molar-refractivity contribution is 0.225. The number of hydrogen-bond donors (Lipinski definition) is 1. The van der Waals surface area contributed by atoms with Crippen molar-refractivity contribution in [3.63, 3.8) is 0 Å². The molecule has 108 valence electrons. The van der Waals surface area contributed by atoms with E-state index in [9.17, 15) is 8.42 Å². The molecule has 0 aliphatic rings. The Morgan fingerprint density at radius 3 is 2.16 bits per heavy atom. The van der Waals surface area contributed by atoms with Crippen LogP contribution in [0.3, 0.4) is 0 Å². The summed E-state index contributed by atoms with van der Waals surface area (Å²) in [6.07, 6.45) is 0. The van der Waals surface area contributed by atoms with E-state index in [2.05, 4.69) is 0 Å². The monoisotopic (exact) mass is 325 g/mol. The molecular weight excluding hydrogens is 309 g/mol. The Kier molecular flexibility index (Phi) is 5.92. The molecule has 0 radical (unpaired) electrons. The Labute approximate surface area is 123 Å². The van der Waals surface area contributed by atoms with Gasteiger partial charge in [-0.2, -0.15) is 0 Å². The van der Waals surface area contributed by atoms with Crippen molar-refractivity contribution in [1.82, 2.24) is 0 Å². The lowest BCUT2D eigenvalue weighted by Crippen LogP contribution is -2.30. The Balaban J connectivity index is 2.71. The third-order valence-corrected chi connectivity index (χ3v) is 4.02. The van der Waals surface area contributed by atoms with Crippen LogP contribution in [0.4, 0.5) is 0 Å². The zero-order valence-corrected chi connectivity index (χ0v) is 13.1. The molecule has 1 aromatic carbocycles. The van der Waals surface area contributed by atoms with Gasteiger partial charge in [0.1, 0.15) is 5.75 Å². The largest absolute Gasteiger partial charge is 0.493 e. The SMILES string of the molecule is CC(C)C(COc1cc(Cl)cc(Cl)c1)CS(N)(=O)=O. The molecule has 0 aliphatic heterocycles. The van der Waals surface area contributed by atoms with Gasteiger partial charge in [0, 0.05) is 16.0 Å². The molecule has 0 saturated carbocycles. The zero-order valence-electron chi connectivity index (χ0n) is 10.8. The van der Waals surface area contributed by atoms with E-state index in [-0.39, 0.29) is 24.2 Å². The van der Waals surface area contributed by atoms with E-state index in [1.807, 2.05) is 13.8 Å². The molecule has 0 aliphatic carbocycles. The van der Waals surface area contributed by atoms with Gasteiger partial charge in [-0.25, -0.2) is 13.6 Å². The first-order valence-electron chi connectivity index (χ1n) is 5.77. The highest BCUT2D eigenvalue weighted by atomic mass is 35.5. The average Bonchev–Trinajstić information content (AvgIpc) is 2.20. The molecule has 0 aromatic heterocycles. The minimum Gasteiger partial charge on any atom is -0.493 e. The summed E-state index contributed by atoms with van der Waals surface area (Å²) in [4.78, 5) is 0. The van der Waals surface area contributed by atoms with Gasteiger partial charge >= 0.3 is 0 Å². The van der Waals surface area contributed by atoms with E-state index in [0.29, 0.717) is 15.8 Å². The Morgan fingerprint density at radius 1 is 1.21 bits per heavy atom. The smallest absolute Gasteiger partial charge is 0.209 e. The van der Waals surface area contributed by atoms with Crippen LogP contribution in [0.25, 0.3) is 0 Å². The van der Waals surface area contributed by atoms with Gasteiger partial charge in [-0.15, -0.1) is 0 Å². The first kappa shape index (κ1) is 16.6.